The topological polar surface area (TPSA) is 136 Å². The Hall–Kier alpha value is -2.53. The second-order valence-electron chi connectivity index (χ2n) is 11.7. The molecule has 3 saturated heterocycles. The van der Waals surface area contributed by atoms with E-state index >= 15 is 0 Å². The van der Waals surface area contributed by atoms with Crippen LogP contribution in [0.2, 0.25) is 0 Å². The number of esters is 1. The number of amides is 2. The fourth-order valence-corrected chi connectivity index (χ4v) is 5.43. The van der Waals surface area contributed by atoms with Gasteiger partial charge in [0.2, 0.25) is 11.8 Å². The summed E-state index contributed by atoms with van der Waals surface area (Å²) in [5, 5.41) is 16.7. The number of aliphatic hydroxyl groups is 1. The van der Waals surface area contributed by atoms with Crippen molar-refractivity contribution in [3.05, 3.63) is 36.0 Å². The average molecular weight is 577 g/mol. The number of carbonyl (C=O) groups excluding carboxylic acids is 3. The van der Waals surface area contributed by atoms with Gasteiger partial charge in [-0.1, -0.05) is 37.6 Å². The largest absolute Gasteiger partial charge is 0.459 e. The number of hydrogen-bond acceptors (Lipinski definition) is 8. The zero-order valence-electron chi connectivity index (χ0n) is 25.3. The van der Waals surface area contributed by atoms with Crippen LogP contribution in [-0.2, 0) is 33.3 Å². The summed E-state index contributed by atoms with van der Waals surface area (Å²) in [6.07, 6.45) is 9.69. The first kappa shape index (κ1) is 33.0. The molecular formula is C31H48N2O8. The molecule has 3 fully saturated rings. The number of hydrogen-bond donors (Lipinski definition) is 3. The summed E-state index contributed by atoms with van der Waals surface area (Å²) in [7, 11) is 0. The van der Waals surface area contributed by atoms with E-state index in [9.17, 15) is 19.5 Å². The van der Waals surface area contributed by atoms with E-state index in [1.165, 1.54) is 13.0 Å². The van der Waals surface area contributed by atoms with Crippen LogP contribution in [0, 0.1) is 5.92 Å². The lowest BCUT2D eigenvalue weighted by Gasteiger charge is -2.39. The maximum atomic E-state index is 12.4. The second kappa shape index (κ2) is 15.1. The molecule has 230 valence electrons. The van der Waals surface area contributed by atoms with Crippen molar-refractivity contribution in [2.45, 2.75) is 122 Å². The van der Waals surface area contributed by atoms with Gasteiger partial charge in [0.25, 0.3) is 0 Å². The van der Waals surface area contributed by atoms with E-state index in [-0.39, 0.29) is 48.5 Å². The highest BCUT2D eigenvalue weighted by Gasteiger charge is 2.58. The Labute approximate surface area is 243 Å². The summed E-state index contributed by atoms with van der Waals surface area (Å²) >= 11 is 0. The zero-order chi connectivity index (χ0) is 30.2. The van der Waals surface area contributed by atoms with Gasteiger partial charge >= 0.3 is 5.97 Å². The minimum atomic E-state index is -0.782. The Balaban J connectivity index is 1.49. The van der Waals surface area contributed by atoms with E-state index in [4.69, 9.17) is 18.9 Å². The Morgan fingerprint density at radius 2 is 1.90 bits per heavy atom. The SMILES string of the molecule is CCCNC(=O)C[C@@H]1CC2(CO2)[C@H](O)[C@@H](/C=C/C(C)=C/C[C@@H]2O[C@H](C)[C@H](NC(=O)/C=C\[C@H](C)OC(C)=O)C[C@@H]2C)O1. The molecule has 0 aliphatic carbocycles. The highest BCUT2D eigenvalue weighted by Crippen LogP contribution is 2.43. The van der Waals surface area contributed by atoms with Crippen LogP contribution in [0.1, 0.15) is 73.6 Å². The highest BCUT2D eigenvalue weighted by atomic mass is 16.6. The number of rotatable bonds is 12. The summed E-state index contributed by atoms with van der Waals surface area (Å²) in [6, 6.07) is -0.119. The van der Waals surface area contributed by atoms with Crippen LogP contribution in [0.5, 0.6) is 0 Å². The number of aliphatic hydroxyl groups excluding tert-OH is 1. The van der Waals surface area contributed by atoms with Gasteiger partial charge in [0, 0.05) is 26.0 Å². The van der Waals surface area contributed by atoms with Gasteiger partial charge in [0.05, 0.1) is 37.4 Å². The van der Waals surface area contributed by atoms with Crippen LogP contribution in [0.4, 0.5) is 0 Å². The van der Waals surface area contributed by atoms with E-state index in [2.05, 4.69) is 23.6 Å². The van der Waals surface area contributed by atoms with Crippen LogP contribution in [-0.4, -0.2) is 84.3 Å². The van der Waals surface area contributed by atoms with Crippen molar-refractivity contribution in [3.63, 3.8) is 0 Å². The molecule has 1 unspecified atom stereocenters. The molecule has 10 heteroatoms. The number of nitrogens with one attached hydrogen (secondary N) is 2. The van der Waals surface area contributed by atoms with E-state index in [0.29, 0.717) is 26.0 Å². The fourth-order valence-electron chi connectivity index (χ4n) is 5.43. The summed E-state index contributed by atoms with van der Waals surface area (Å²) in [4.78, 5) is 35.6. The Kier molecular flexibility index (Phi) is 12.1. The first-order chi connectivity index (χ1) is 19.4. The van der Waals surface area contributed by atoms with E-state index in [1.54, 1.807) is 13.0 Å². The van der Waals surface area contributed by atoms with Gasteiger partial charge in [-0.2, -0.15) is 0 Å². The van der Waals surface area contributed by atoms with Gasteiger partial charge in [0.15, 0.2) is 0 Å². The third kappa shape index (κ3) is 10.1. The maximum absolute atomic E-state index is 12.4. The molecule has 0 aromatic carbocycles. The lowest BCUT2D eigenvalue weighted by Crippen LogP contribution is -2.50. The lowest BCUT2D eigenvalue weighted by atomic mass is 9.87. The Morgan fingerprint density at radius 3 is 2.56 bits per heavy atom. The average Bonchev–Trinajstić information content (AvgIpc) is 3.68. The van der Waals surface area contributed by atoms with Crippen molar-refractivity contribution in [1.29, 1.82) is 0 Å². The molecule has 0 aromatic heterocycles. The van der Waals surface area contributed by atoms with E-state index < -0.39 is 29.9 Å². The number of epoxide rings is 1. The standard InChI is InChI=1S/C31H48N2O8/c1-7-14-32-29(36)16-24-17-31(18-38-31)30(37)27(41-24)12-9-19(2)8-11-26-20(3)15-25(22(5)40-26)33-28(35)13-10-21(4)39-23(6)34/h8-10,12-13,20-22,24-27,30,37H,7,11,14-18H2,1-6H3,(H,32,36)(H,33,35)/b12-9+,13-10-,19-8+/t20-,21-,22+,24+,25+,26-,27+,30+,31?/m0/s1. The van der Waals surface area contributed by atoms with Gasteiger partial charge < -0.3 is 34.7 Å². The van der Waals surface area contributed by atoms with Gasteiger partial charge in [-0.3, -0.25) is 14.4 Å². The molecule has 2 amide bonds. The molecule has 9 atom stereocenters. The Bertz CT molecular complexity index is 1000. The third-order valence-electron chi connectivity index (χ3n) is 7.91. The van der Waals surface area contributed by atoms with Crippen LogP contribution in [0.3, 0.4) is 0 Å². The number of allylic oxidation sites excluding steroid dienone is 2. The minimum absolute atomic E-state index is 0.00620. The van der Waals surface area contributed by atoms with Crippen LogP contribution < -0.4 is 10.6 Å². The first-order valence-electron chi connectivity index (χ1n) is 14.8. The molecule has 3 aliphatic rings. The smallest absolute Gasteiger partial charge is 0.303 e. The van der Waals surface area contributed by atoms with E-state index in [1.807, 2.05) is 32.9 Å². The lowest BCUT2D eigenvalue weighted by molar-refractivity contribution is -0.145. The molecule has 1 spiro atoms. The molecule has 10 nitrogen and oxygen atoms in total. The molecule has 0 aromatic rings. The van der Waals surface area contributed by atoms with Crippen molar-refractivity contribution in [2.75, 3.05) is 13.2 Å². The van der Waals surface area contributed by atoms with Crippen molar-refractivity contribution < 1.29 is 38.4 Å². The van der Waals surface area contributed by atoms with Crippen LogP contribution in [0.25, 0.3) is 0 Å². The second-order valence-corrected chi connectivity index (χ2v) is 11.7. The van der Waals surface area contributed by atoms with Crippen molar-refractivity contribution in [2.24, 2.45) is 5.92 Å². The minimum Gasteiger partial charge on any atom is -0.459 e. The molecule has 3 aliphatic heterocycles. The predicted molar refractivity (Wildman–Crippen MR) is 154 cm³/mol. The quantitative estimate of drug-likeness (QED) is 0.140. The van der Waals surface area contributed by atoms with Crippen LogP contribution >= 0.6 is 0 Å². The van der Waals surface area contributed by atoms with Crippen molar-refractivity contribution >= 4 is 17.8 Å². The zero-order valence-corrected chi connectivity index (χ0v) is 25.3. The monoisotopic (exact) mass is 576 g/mol. The maximum Gasteiger partial charge on any atom is 0.303 e. The van der Waals surface area contributed by atoms with Crippen molar-refractivity contribution in [1.82, 2.24) is 10.6 Å². The normalized spacial score (nSPS) is 34.5. The third-order valence-corrected chi connectivity index (χ3v) is 7.91. The molecular weight excluding hydrogens is 528 g/mol. The van der Waals surface area contributed by atoms with Gasteiger partial charge in [-0.05, 0) is 52.0 Å². The van der Waals surface area contributed by atoms with Gasteiger partial charge in [0.1, 0.15) is 23.9 Å². The number of carbonyl (C=O) groups is 3. The molecule has 0 bridgehead atoms. The molecule has 3 heterocycles. The fraction of sp³-hybridized carbons (Fsp3) is 0.710. The molecule has 0 saturated carbocycles. The Morgan fingerprint density at radius 1 is 1.17 bits per heavy atom. The number of ether oxygens (including phenoxy) is 4. The summed E-state index contributed by atoms with van der Waals surface area (Å²) in [5.41, 5.74) is 0.394. The molecule has 41 heavy (non-hydrogen) atoms. The molecule has 3 N–H and O–H groups in total. The van der Waals surface area contributed by atoms with Crippen molar-refractivity contribution in [3.8, 4) is 0 Å². The molecule has 0 radical (unpaired) electrons. The summed E-state index contributed by atoms with van der Waals surface area (Å²) in [5.74, 6) is -0.463. The van der Waals surface area contributed by atoms with Gasteiger partial charge in [-0.15, -0.1) is 0 Å². The summed E-state index contributed by atoms with van der Waals surface area (Å²) in [6.45, 7) is 12.2. The highest BCUT2D eigenvalue weighted by molar-refractivity contribution is 5.87. The molecule has 3 rings (SSSR count). The van der Waals surface area contributed by atoms with E-state index in [0.717, 1.165) is 18.4 Å². The van der Waals surface area contributed by atoms with Gasteiger partial charge in [-0.25, -0.2) is 0 Å². The summed E-state index contributed by atoms with van der Waals surface area (Å²) < 4.78 is 23.0. The predicted octanol–water partition coefficient (Wildman–Crippen LogP) is 2.89. The first-order valence-corrected chi connectivity index (χ1v) is 14.8. The van der Waals surface area contributed by atoms with Crippen LogP contribution in [0.15, 0.2) is 36.0 Å².